The summed E-state index contributed by atoms with van der Waals surface area (Å²) in [4.78, 5) is 22.3. The zero-order chi connectivity index (χ0) is 15.5. The average molecular weight is 312 g/mol. The van der Waals surface area contributed by atoms with Crippen molar-refractivity contribution >= 4 is 23.2 Å². The molecule has 0 spiro atoms. The van der Waals surface area contributed by atoms with Crippen molar-refractivity contribution in [2.45, 2.75) is 37.6 Å². The molecule has 1 aromatic carbocycles. The lowest BCUT2D eigenvalue weighted by atomic mass is 9.82. The zero-order valence-corrected chi connectivity index (χ0v) is 12.4. The minimum absolute atomic E-state index is 0.162. The van der Waals surface area contributed by atoms with E-state index in [1.165, 1.54) is 24.6 Å². The lowest BCUT2D eigenvalue weighted by molar-refractivity contribution is -0.384. The first-order valence-corrected chi connectivity index (χ1v) is 7.29. The molecule has 1 aromatic rings. The standard InChI is InChI=1S/C14H18ClN3O3/c15-11-6-10(7-12(8-11)18(20)21)13(19)17-9-14(16)4-2-1-3-5-14/h6-8H,1-5,9,16H2,(H,17,19). The second-order valence-corrected chi connectivity index (χ2v) is 6.00. The van der Waals surface area contributed by atoms with Crippen LogP contribution in [0.1, 0.15) is 42.5 Å². The number of nitrogens with one attached hydrogen (secondary N) is 1. The molecule has 7 heteroatoms. The number of nitro groups is 1. The van der Waals surface area contributed by atoms with Crippen LogP contribution in [0, 0.1) is 10.1 Å². The van der Waals surface area contributed by atoms with Gasteiger partial charge in [-0.2, -0.15) is 0 Å². The van der Waals surface area contributed by atoms with Crippen molar-refractivity contribution in [1.29, 1.82) is 0 Å². The number of nitrogens with two attached hydrogens (primary N) is 1. The number of nitro benzene ring substituents is 1. The fourth-order valence-electron chi connectivity index (χ4n) is 2.60. The van der Waals surface area contributed by atoms with Crippen molar-refractivity contribution < 1.29 is 9.72 Å². The van der Waals surface area contributed by atoms with Crippen molar-refractivity contribution in [1.82, 2.24) is 5.32 Å². The van der Waals surface area contributed by atoms with Gasteiger partial charge in [0.25, 0.3) is 11.6 Å². The number of hydrogen-bond donors (Lipinski definition) is 2. The predicted molar refractivity (Wildman–Crippen MR) is 80.4 cm³/mol. The Morgan fingerprint density at radius 2 is 2.00 bits per heavy atom. The van der Waals surface area contributed by atoms with E-state index in [0.29, 0.717) is 6.54 Å². The van der Waals surface area contributed by atoms with Crippen LogP contribution >= 0.6 is 11.6 Å². The second-order valence-electron chi connectivity index (χ2n) is 5.56. The van der Waals surface area contributed by atoms with E-state index in [-0.39, 0.29) is 21.8 Å². The maximum absolute atomic E-state index is 12.1. The lowest BCUT2D eigenvalue weighted by Crippen LogP contribution is -2.51. The Kier molecular flexibility index (Phi) is 4.80. The zero-order valence-electron chi connectivity index (χ0n) is 11.6. The van der Waals surface area contributed by atoms with Gasteiger partial charge in [0.15, 0.2) is 0 Å². The molecule has 1 amide bonds. The summed E-state index contributed by atoms with van der Waals surface area (Å²) in [5, 5.41) is 13.7. The lowest BCUT2D eigenvalue weighted by Gasteiger charge is -2.33. The van der Waals surface area contributed by atoms with Crippen molar-refractivity contribution in [3.8, 4) is 0 Å². The molecule has 0 radical (unpaired) electrons. The van der Waals surface area contributed by atoms with Crippen molar-refractivity contribution in [2.24, 2.45) is 5.73 Å². The maximum Gasteiger partial charge on any atom is 0.271 e. The van der Waals surface area contributed by atoms with Crippen molar-refractivity contribution in [2.75, 3.05) is 6.54 Å². The fourth-order valence-corrected chi connectivity index (χ4v) is 2.83. The third kappa shape index (κ3) is 4.15. The van der Waals surface area contributed by atoms with Crippen LogP contribution in [0.4, 0.5) is 5.69 Å². The van der Waals surface area contributed by atoms with Gasteiger partial charge in [0.1, 0.15) is 0 Å². The Bertz CT molecular complexity index is 556. The van der Waals surface area contributed by atoms with Crippen LogP contribution in [0.25, 0.3) is 0 Å². The highest BCUT2D eigenvalue weighted by atomic mass is 35.5. The first-order valence-electron chi connectivity index (χ1n) is 6.92. The maximum atomic E-state index is 12.1. The van der Waals surface area contributed by atoms with Crippen LogP contribution in [0.15, 0.2) is 18.2 Å². The highest BCUT2D eigenvalue weighted by Gasteiger charge is 2.28. The molecule has 21 heavy (non-hydrogen) atoms. The van der Waals surface area contributed by atoms with Gasteiger partial charge >= 0.3 is 0 Å². The van der Waals surface area contributed by atoms with Gasteiger partial charge in [-0.15, -0.1) is 0 Å². The van der Waals surface area contributed by atoms with Crippen LogP contribution in [-0.2, 0) is 0 Å². The van der Waals surface area contributed by atoms with Crippen LogP contribution in [-0.4, -0.2) is 22.9 Å². The van der Waals surface area contributed by atoms with Gasteiger partial charge < -0.3 is 11.1 Å². The van der Waals surface area contributed by atoms with Gasteiger partial charge in [-0.3, -0.25) is 14.9 Å². The molecule has 0 heterocycles. The summed E-state index contributed by atoms with van der Waals surface area (Å²) in [7, 11) is 0. The first-order chi connectivity index (χ1) is 9.89. The van der Waals surface area contributed by atoms with Crippen molar-refractivity contribution in [3.63, 3.8) is 0 Å². The number of hydrogen-bond acceptors (Lipinski definition) is 4. The SMILES string of the molecule is NC1(CNC(=O)c2cc(Cl)cc([N+](=O)[O-])c2)CCCCC1. The molecule has 1 aliphatic carbocycles. The molecule has 0 aromatic heterocycles. The van der Waals surface area contributed by atoms with E-state index >= 15 is 0 Å². The summed E-state index contributed by atoms with van der Waals surface area (Å²) < 4.78 is 0. The topological polar surface area (TPSA) is 98.3 Å². The van der Waals surface area contributed by atoms with E-state index in [4.69, 9.17) is 17.3 Å². The van der Waals surface area contributed by atoms with Gasteiger partial charge in [0, 0.05) is 34.8 Å². The molecule has 0 bridgehead atoms. The number of halogens is 1. The van der Waals surface area contributed by atoms with E-state index in [1.807, 2.05) is 0 Å². The Hall–Kier alpha value is -1.66. The molecule has 1 saturated carbocycles. The van der Waals surface area contributed by atoms with Gasteiger partial charge in [-0.05, 0) is 18.9 Å². The van der Waals surface area contributed by atoms with E-state index in [0.717, 1.165) is 25.7 Å². The first kappa shape index (κ1) is 15.7. The minimum atomic E-state index is -0.575. The fraction of sp³-hybridized carbons (Fsp3) is 0.500. The van der Waals surface area contributed by atoms with Crippen LogP contribution < -0.4 is 11.1 Å². The minimum Gasteiger partial charge on any atom is -0.350 e. The number of carbonyl (C=O) groups is 1. The van der Waals surface area contributed by atoms with E-state index in [9.17, 15) is 14.9 Å². The van der Waals surface area contributed by atoms with Crippen LogP contribution in [0.2, 0.25) is 5.02 Å². The summed E-state index contributed by atoms with van der Waals surface area (Å²) in [6.07, 6.45) is 5.06. The molecule has 2 rings (SSSR count). The summed E-state index contributed by atoms with van der Waals surface area (Å²) in [6.45, 7) is 0.367. The smallest absolute Gasteiger partial charge is 0.271 e. The molecule has 0 saturated heterocycles. The van der Waals surface area contributed by atoms with Gasteiger partial charge in [0.2, 0.25) is 0 Å². The average Bonchev–Trinajstić information content (AvgIpc) is 2.45. The number of non-ortho nitro benzene ring substituents is 1. The van der Waals surface area contributed by atoms with Crippen LogP contribution in [0.5, 0.6) is 0 Å². The van der Waals surface area contributed by atoms with Gasteiger partial charge in [-0.25, -0.2) is 0 Å². The molecule has 0 unspecified atom stereocenters. The predicted octanol–water partition coefficient (Wildman–Crippen LogP) is 2.64. The van der Waals surface area contributed by atoms with Gasteiger partial charge in [-0.1, -0.05) is 30.9 Å². The second kappa shape index (κ2) is 6.41. The summed E-state index contributed by atoms with van der Waals surface area (Å²) in [6, 6.07) is 3.84. The quantitative estimate of drug-likeness (QED) is 0.659. The molecule has 114 valence electrons. The molecule has 0 aliphatic heterocycles. The molecule has 0 atom stereocenters. The number of nitrogens with zero attached hydrogens (tertiary/aromatic N) is 1. The molecule has 1 aliphatic rings. The number of carbonyl (C=O) groups excluding carboxylic acids is 1. The van der Waals surface area contributed by atoms with E-state index in [1.54, 1.807) is 0 Å². The van der Waals surface area contributed by atoms with Crippen molar-refractivity contribution in [3.05, 3.63) is 38.9 Å². The Morgan fingerprint density at radius 1 is 1.33 bits per heavy atom. The van der Waals surface area contributed by atoms with Gasteiger partial charge in [0.05, 0.1) is 4.92 Å². The number of benzene rings is 1. The monoisotopic (exact) mass is 311 g/mol. The highest BCUT2D eigenvalue weighted by Crippen LogP contribution is 2.25. The summed E-state index contributed by atoms with van der Waals surface area (Å²) in [5.74, 6) is -0.393. The third-order valence-corrected chi connectivity index (χ3v) is 4.02. The Morgan fingerprint density at radius 3 is 2.62 bits per heavy atom. The summed E-state index contributed by atoms with van der Waals surface area (Å²) >= 11 is 5.81. The molecular formula is C14H18ClN3O3. The molecule has 1 fully saturated rings. The largest absolute Gasteiger partial charge is 0.350 e. The van der Waals surface area contributed by atoms with E-state index < -0.39 is 10.8 Å². The third-order valence-electron chi connectivity index (χ3n) is 3.81. The number of amides is 1. The summed E-state index contributed by atoms with van der Waals surface area (Å²) in [5.41, 5.74) is 5.84. The molecular weight excluding hydrogens is 294 g/mol. The Balaban J connectivity index is 2.04. The molecule has 6 nitrogen and oxygen atoms in total. The Labute approximate surface area is 127 Å². The number of rotatable bonds is 4. The van der Waals surface area contributed by atoms with E-state index in [2.05, 4.69) is 5.32 Å². The van der Waals surface area contributed by atoms with Crippen LogP contribution in [0.3, 0.4) is 0 Å². The normalized spacial score (nSPS) is 17.2. The highest BCUT2D eigenvalue weighted by molar-refractivity contribution is 6.31. The molecule has 3 N–H and O–H groups in total.